The molecule has 2 N–H and O–H groups in total. The van der Waals surface area contributed by atoms with Crippen LogP contribution in [0.15, 0.2) is 18.3 Å². The van der Waals surface area contributed by atoms with Crippen LogP contribution in [0, 0.1) is 5.92 Å². The zero-order valence-corrected chi connectivity index (χ0v) is 10.4. The summed E-state index contributed by atoms with van der Waals surface area (Å²) in [7, 11) is 0. The Hall–Kier alpha value is -1.78. The Kier molecular flexibility index (Phi) is 3.69. The van der Waals surface area contributed by atoms with Gasteiger partial charge in [0.25, 0.3) is 5.91 Å². The molecule has 0 spiro atoms. The molecule has 1 amide bonds. The maximum Gasteiger partial charge on any atom is 0.326 e. The third-order valence-corrected chi connectivity index (χ3v) is 3.17. The SMILES string of the molecule is CCCn1cccc1C(=O)NC(C(=O)O)C1CC1. The van der Waals surface area contributed by atoms with Gasteiger partial charge in [-0.1, -0.05) is 6.92 Å². The number of aromatic nitrogens is 1. The first-order valence-corrected chi connectivity index (χ1v) is 6.32. The predicted octanol–water partition coefficient (Wildman–Crippen LogP) is 1.49. The van der Waals surface area contributed by atoms with Crippen molar-refractivity contribution in [3.05, 3.63) is 24.0 Å². The van der Waals surface area contributed by atoms with Gasteiger partial charge in [-0.3, -0.25) is 4.79 Å². The van der Waals surface area contributed by atoms with E-state index in [0.717, 1.165) is 25.8 Å². The van der Waals surface area contributed by atoms with Crippen LogP contribution in [0.25, 0.3) is 0 Å². The van der Waals surface area contributed by atoms with E-state index in [2.05, 4.69) is 5.32 Å². The van der Waals surface area contributed by atoms with Gasteiger partial charge in [-0.25, -0.2) is 4.79 Å². The van der Waals surface area contributed by atoms with Crippen molar-refractivity contribution in [1.29, 1.82) is 0 Å². The molecule has 0 saturated heterocycles. The van der Waals surface area contributed by atoms with E-state index in [0.29, 0.717) is 5.69 Å². The monoisotopic (exact) mass is 250 g/mol. The molecule has 18 heavy (non-hydrogen) atoms. The van der Waals surface area contributed by atoms with E-state index in [9.17, 15) is 9.59 Å². The number of rotatable bonds is 6. The lowest BCUT2D eigenvalue weighted by Gasteiger charge is -2.14. The van der Waals surface area contributed by atoms with Crippen molar-refractivity contribution >= 4 is 11.9 Å². The first-order valence-electron chi connectivity index (χ1n) is 6.32. The molecule has 1 aliphatic carbocycles. The van der Waals surface area contributed by atoms with E-state index in [1.807, 2.05) is 17.7 Å². The maximum atomic E-state index is 12.1. The topological polar surface area (TPSA) is 71.3 Å². The molecule has 0 aromatic carbocycles. The normalized spacial score (nSPS) is 16.3. The highest BCUT2D eigenvalue weighted by atomic mass is 16.4. The average molecular weight is 250 g/mol. The lowest BCUT2D eigenvalue weighted by atomic mass is 10.2. The van der Waals surface area contributed by atoms with Crippen LogP contribution in [0.2, 0.25) is 0 Å². The minimum absolute atomic E-state index is 0.0982. The molecule has 1 aliphatic rings. The Bertz CT molecular complexity index is 449. The van der Waals surface area contributed by atoms with Crippen molar-refractivity contribution in [3.63, 3.8) is 0 Å². The second-order valence-corrected chi connectivity index (χ2v) is 4.71. The first-order chi connectivity index (χ1) is 8.63. The van der Waals surface area contributed by atoms with Crippen LogP contribution in [0.1, 0.15) is 36.7 Å². The van der Waals surface area contributed by atoms with E-state index in [1.54, 1.807) is 12.1 Å². The van der Waals surface area contributed by atoms with Crippen molar-refractivity contribution < 1.29 is 14.7 Å². The highest BCUT2D eigenvalue weighted by molar-refractivity contribution is 5.95. The van der Waals surface area contributed by atoms with E-state index in [4.69, 9.17) is 5.11 Å². The lowest BCUT2D eigenvalue weighted by molar-refractivity contribution is -0.139. The molecule has 98 valence electrons. The fourth-order valence-electron chi connectivity index (χ4n) is 2.08. The summed E-state index contributed by atoms with van der Waals surface area (Å²) < 4.78 is 1.85. The van der Waals surface area contributed by atoms with Crippen LogP contribution in [-0.2, 0) is 11.3 Å². The van der Waals surface area contributed by atoms with Crippen molar-refractivity contribution in [1.82, 2.24) is 9.88 Å². The summed E-state index contributed by atoms with van der Waals surface area (Å²) in [6.45, 7) is 2.79. The van der Waals surface area contributed by atoms with Crippen molar-refractivity contribution in [2.24, 2.45) is 5.92 Å². The number of hydrogen-bond acceptors (Lipinski definition) is 2. The van der Waals surface area contributed by atoms with Crippen molar-refractivity contribution in [2.45, 2.75) is 38.8 Å². The van der Waals surface area contributed by atoms with E-state index in [-0.39, 0.29) is 11.8 Å². The summed E-state index contributed by atoms with van der Waals surface area (Å²) in [5.74, 6) is -1.15. The van der Waals surface area contributed by atoms with Crippen LogP contribution in [0.5, 0.6) is 0 Å². The van der Waals surface area contributed by atoms with Crippen LogP contribution >= 0.6 is 0 Å². The number of nitrogens with zero attached hydrogens (tertiary/aromatic N) is 1. The highest BCUT2D eigenvalue weighted by Gasteiger charge is 2.37. The molecule has 0 bridgehead atoms. The van der Waals surface area contributed by atoms with Gasteiger partial charge >= 0.3 is 5.97 Å². The lowest BCUT2D eigenvalue weighted by Crippen LogP contribution is -2.43. The maximum absolute atomic E-state index is 12.1. The number of nitrogens with one attached hydrogen (secondary N) is 1. The molecule has 5 nitrogen and oxygen atoms in total. The fourth-order valence-corrected chi connectivity index (χ4v) is 2.08. The quantitative estimate of drug-likeness (QED) is 0.803. The summed E-state index contributed by atoms with van der Waals surface area (Å²) in [5.41, 5.74) is 0.531. The molecule has 5 heteroatoms. The van der Waals surface area contributed by atoms with Gasteiger partial charge in [0.2, 0.25) is 0 Å². The second kappa shape index (κ2) is 5.25. The van der Waals surface area contributed by atoms with Crippen molar-refractivity contribution in [2.75, 3.05) is 0 Å². The number of hydrogen-bond donors (Lipinski definition) is 2. The van der Waals surface area contributed by atoms with Gasteiger partial charge in [0.1, 0.15) is 11.7 Å². The summed E-state index contributed by atoms with van der Waals surface area (Å²) in [6, 6.07) is 2.77. The molecule has 0 aliphatic heterocycles. The molecule has 1 fully saturated rings. The molecule has 0 radical (unpaired) electrons. The number of carboxylic acid groups (broad SMARTS) is 1. The van der Waals surface area contributed by atoms with Gasteiger partial charge in [-0.2, -0.15) is 0 Å². The molecule has 1 unspecified atom stereocenters. The summed E-state index contributed by atoms with van der Waals surface area (Å²) in [5, 5.41) is 11.7. The third-order valence-electron chi connectivity index (χ3n) is 3.17. The van der Waals surface area contributed by atoms with Crippen LogP contribution in [0.3, 0.4) is 0 Å². The standard InChI is InChI=1S/C13H18N2O3/c1-2-7-15-8-3-4-10(15)12(16)14-11(13(17)18)9-5-6-9/h3-4,8-9,11H,2,5-7H2,1H3,(H,14,16)(H,17,18). The summed E-state index contributed by atoms with van der Waals surface area (Å²) in [6.07, 6.45) is 4.53. The Morgan fingerprint density at radius 3 is 2.83 bits per heavy atom. The molecule has 2 rings (SSSR count). The minimum atomic E-state index is -0.945. The predicted molar refractivity (Wildman–Crippen MR) is 66.3 cm³/mol. The van der Waals surface area contributed by atoms with Gasteiger partial charge in [-0.05, 0) is 37.3 Å². The summed E-state index contributed by atoms with van der Waals surface area (Å²) in [4.78, 5) is 23.1. The zero-order chi connectivity index (χ0) is 13.1. The van der Waals surface area contributed by atoms with Crippen molar-refractivity contribution in [3.8, 4) is 0 Å². The first kappa shape index (κ1) is 12.7. The summed E-state index contributed by atoms with van der Waals surface area (Å²) >= 11 is 0. The molecule has 1 heterocycles. The van der Waals surface area contributed by atoms with Gasteiger partial charge < -0.3 is 15.0 Å². The molecule has 1 atom stereocenters. The van der Waals surface area contributed by atoms with E-state index in [1.165, 1.54) is 0 Å². The number of aryl methyl sites for hydroxylation is 1. The van der Waals surface area contributed by atoms with Crippen LogP contribution in [0.4, 0.5) is 0 Å². The molecular weight excluding hydrogens is 232 g/mol. The van der Waals surface area contributed by atoms with Gasteiger partial charge in [0, 0.05) is 12.7 Å². The fraction of sp³-hybridized carbons (Fsp3) is 0.538. The Labute approximate surface area is 106 Å². The van der Waals surface area contributed by atoms with Crippen LogP contribution < -0.4 is 5.32 Å². The number of carbonyl (C=O) groups is 2. The number of carbonyl (C=O) groups excluding carboxylic acids is 1. The highest BCUT2D eigenvalue weighted by Crippen LogP contribution is 2.32. The van der Waals surface area contributed by atoms with Gasteiger partial charge in [0.05, 0.1) is 0 Å². The Balaban J connectivity index is 2.06. The molecule has 1 saturated carbocycles. The molecule has 1 aromatic rings. The Morgan fingerprint density at radius 1 is 1.56 bits per heavy atom. The Morgan fingerprint density at radius 2 is 2.28 bits per heavy atom. The molecular formula is C13H18N2O3. The smallest absolute Gasteiger partial charge is 0.326 e. The van der Waals surface area contributed by atoms with Gasteiger partial charge in [-0.15, -0.1) is 0 Å². The number of amides is 1. The van der Waals surface area contributed by atoms with E-state index < -0.39 is 12.0 Å². The largest absolute Gasteiger partial charge is 0.480 e. The number of carboxylic acids is 1. The van der Waals surface area contributed by atoms with Gasteiger partial charge in [0.15, 0.2) is 0 Å². The van der Waals surface area contributed by atoms with Crippen LogP contribution in [-0.4, -0.2) is 27.6 Å². The molecule has 1 aromatic heterocycles. The minimum Gasteiger partial charge on any atom is -0.480 e. The third kappa shape index (κ3) is 2.72. The second-order valence-electron chi connectivity index (χ2n) is 4.71. The van der Waals surface area contributed by atoms with E-state index >= 15 is 0 Å². The average Bonchev–Trinajstić information content (AvgIpc) is 3.05. The number of aliphatic carboxylic acids is 1. The zero-order valence-electron chi connectivity index (χ0n) is 10.4.